The minimum atomic E-state index is -0.395. The molecule has 1 aromatic rings. The standard InChI is InChI=1S/C13H11IO/c14-13(10-15)9-5-4-8-12(13)11-6-2-1-3-7-11/h1-8,10H,9H2. The van der Waals surface area contributed by atoms with Crippen molar-refractivity contribution >= 4 is 34.5 Å². The van der Waals surface area contributed by atoms with Crippen LogP contribution in [-0.2, 0) is 4.79 Å². The largest absolute Gasteiger partial charge is 0.301 e. The Morgan fingerprint density at radius 3 is 2.67 bits per heavy atom. The van der Waals surface area contributed by atoms with Gasteiger partial charge in [-0.25, -0.2) is 0 Å². The molecule has 2 rings (SSSR count). The van der Waals surface area contributed by atoms with Crippen LogP contribution >= 0.6 is 22.6 Å². The second-order valence-corrected chi connectivity index (χ2v) is 5.48. The monoisotopic (exact) mass is 310 g/mol. The van der Waals surface area contributed by atoms with Gasteiger partial charge in [0.2, 0.25) is 0 Å². The molecule has 0 radical (unpaired) electrons. The first-order chi connectivity index (χ1) is 7.26. The number of rotatable bonds is 2. The van der Waals surface area contributed by atoms with Gasteiger partial charge in [-0.2, -0.15) is 0 Å². The average Bonchev–Trinajstić information content (AvgIpc) is 2.31. The summed E-state index contributed by atoms with van der Waals surface area (Å²) in [5.74, 6) is 0. The Hall–Kier alpha value is -0.900. The van der Waals surface area contributed by atoms with E-state index in [9.17, 15) is 4.79 Å². The molecule has 0 aromatic heterocycles. The van der Waals surface area contributed by atoms with Crippen LogP contribution in [0, 0.1) is 0 Å². The van der Waals surface area contributed by atoms with Crippen LogP contribution in [0.1, 0.15) is 12.0 Å². The van der Waals surface area contributed by atoms with Crippen molar-refractivity contribution in [2.24, 2.45) is 0 Å². The average molecular weight is 310 g/mol. The van der Waals surface area contributed by atoms with Crippen LogP contribution < -0.4 is 0 Å². The lowest BCUT2D eigenvalue weighted by atomic mass is 9.88. The lowest BCUT2D eigenvalue weighted by Gasteiger charge is -2.25. The summed E-state index contributed by atoms with van der Waals surface area (Å²) in [5.41, 5.74) is 2.23. The van der Waals surface area contributed by atoms with Crippen molar-refractivity contribution in [3.63, 3.8) is 0 Å². The van der Waals surface area contributed by atoms with E-state index >= 15 is 0 Å². The number of carbonyl (C=O) groups excluding carboxylic acids is 1. The maximum Gasteiger partial charge on any atom is 0.140 e. The van der Waals surface area contributed by atoms with Crippen molar-refractivity contribution in [2.75, 3.05) is 0 Å². The highest BCUT2D eigenvalue weighted by molar-refractivity contribution is 14.1. The zero-order valence-corrected chi connectivity index (χ0v) is 10.3. The van der Waals surface area contributed by atoms with E-state index in [-0.39, 0.29) is 0 Å². The zero-order chi connectivity index (χ0) is 10.7. The molecule has 0 spiro atoms. The summed E-state index contributed by atoms with van der Waals surface area (Å²) in [7, 11) is 0. The Morgan fingerprint density at radius 2 is 2.00 bits per heavy atom. The second-order valence-electron chi connectivity index (χ2n) is 3.56. The molecule has 0 aliphatic heterocycles. The molecule has 15 heavy (non-hydrogen) atoms. The molecule has 0 saturated heterocycles. The van der Waals surface area contributed by atoms with Gasteiger partial charge in [-0.05, 0) is 17.6 Å². The number of aldehydes is 1. The molecular weight excluding hydrogens is 299 g/mol. The van der Waals surface area contributed by atoms with Crippen LogP contribution in [-0.4, -0.2) is 9.71 Å². The molecule has 1 aliphatic carbocycles. The summed E-state index contributed by atoms with van der Waals surface area (Å²) in [6, 6.07) is 10.1. The fourth-order valence-corrected chi connectivity index (χ4v) is 2.46. The summed E-state index contributed by atoms with van der Waals surface area (Å²) >= 11 is 2.23. The molecule has 0 amide bonds. The van der Waals surface area contributed by atoms with Gasteiger partial charge in [0.25, 0.3) is 0 Å². The predicted molar refractivity (Wildman–Crippen MR) is 71.0 cm³/mol. The predicted octanol–water partition coefficient (Wildman–Crippen LogP) is 3.40. The van der Waals surface area contributed by atoms with E-state index in [4.69, 9.17) is 0 Å². The second kappa shape index (κ2) is 4.31. The third-order valence-corrected chi connectivity index (χ3v) is 3.81. The molecule has 1 aromatic carbocycles. The summed E-state index contributed by atoms with van der Waals surface area (Å²) in [6.45, 7) is 0. The van der Waals surface area contributed by atoms with E-state index in [0.29, 0.717) is 0 Å². The molecule has 1 atom stereocenters. The number of alkyl halides is 1. The van der Waals surface area contributed by atoms with Crippen LogP contribution in [0.15, 0.2) is 48.6 Å². The van der Waals surface area contributed by atoms with Crippen molar-refractivity contribution in [1.29, 1.82) is 0 Å². The summed E-state index contributed by atoms with van der Waals surface area (Å²) < 4.78 is -0.395. The van der Waals surface area contributed by atoms with E-state index in [1.54, 1.807) is 0 Å². The van der Waals surface area contributed by atoms with Gasteiger partial charge in [-0.15, -0.1) is 0 Å². The molecule has 76 valence electrons. The normalized spacial score (nSPS) is 24.7. The number of hydrogen-bond donors (Lipinski definition) is 0. The molecule has 0 N–H and O–H groups in total. The smallest absolute Gasteiger partial charge is 0.140 e. The highest BCUT2D eigenvalue weighted by Gasteiger charge is 2.31. The fourth-order valence-electron chi connectivity index (χ4n) is 1.72. The number of allylic oxidation sites excluding steroid dienone is 4. The van der Waals surface area contributed by atoms with Crippen molar-refractivity contribution < 1.29 is 4.79 Å². The Kier molecular flexibility index (Phi) is 3.05. The molecule has 0 fully saturated rings. The van der Waals surface area contributed by atoms with Gasteiger partial charge < -0.3 is 4.79 Å². The molecule has 2 heteroatoms. The maximum atomic E-state index is 11.2. The first-order valence-corrected chi connectivity index (χ1v) is 5.92. The van der Waals surface area contributed by atoms with E-state index in [0.717, 1.165) is 23.8 Å². The molecule has 1 nitrogen and oxygen atoms in total. The number of halogens is 1. The van der Waals surface area contributed by atoms with Gasteiger partial charge in [0.1, 0.15) is 9.71 Å². The zero-order valence-electron chi connectivity index (χ0n) is 8.19. The number of benzene rings is 1. The van der Waals surface area contributed by atoms with Crippen LogP contribution in [0.4, 0.5) is 0 Å². The van der Waals surface area contributed by atoms with Crippen LogP contribution in [0.25, 0.3) is 5.57 Å². The molecule has 1 aliphatic rings. The van der Waals surface area contributed by atoms with Gasteiger partial charge in [0, 0.05) is 0 Å². The summed E-state index contributed by atoms with van der Waals surface area (Å²) in [5, 5.41) is 0. The quantitative estimate of drug-likeness (QED) is 0.465. The van der Waals surface area contributed by atoms with Gasteiger partial charge in [-0.1, -0.05) is 71.2 Å². The van der Waals surface area contributed by atoms with Gasteiger partial charge in [0.15, 0.2) is 0 Å². The first kappa shape index (κ1) is 10.6. The third-order valence-electron chi connectivity index (χ3n) is 2.53. The van der Waals surface area contributed by atoms with Gasteiger partial charge in [-0.3, -0.25) is 0 Å². The first-order valence-electron chi connectivity index (χ1n) is 4.84. The Morgan fingerprint density at radius 1 is 1.27 bits per heavy atom. The van der Waals surface area contributed by atoms with Crippen molar-refractivity contribution in [3.05, 3.63) is 54.1 Å². The third kappa shape index (κ3) is 2.04. The van der Waals surface area contributed by atoms with E-state index in [1.807, 2.05) is 48.6 Å². The molecule has 0 heterocycles. The lowest BCUT2D eigenvalue weighted by molar-refractivity contribution is -0.108. The Balaban J connectivity index is 2.47. The summed E-state index contributed by atoms with van der Waals surface area (Å²) in [4.78, 5) is 11.2. The van der Waals surface area contributed by atoms with Gasteiger partial charge >= 0.3 is 0 Å². The van der Waals surface area contributed by atoms with Crippen molar-refractivity contribution in [1.82, 2.24) is 0 Å². The van der Waals surface area contributed by atoms with Crippen LogP contribution in [0.2, 0.25) is 0 Å². The molecule has 1 unspecified atom stereocenters. The highest BCUT2D eigenvalue weighted by Crippen LogP contribution is 2.39. The SMILES string of the molecule is O=CC1(I)CC=CC=C1c1ccccc1. The molecular formula is C13H11IO. The lowest BCUT2D eigenvalue weighted by Crippen LogP contribution is -2.25. The molecule has 0 bridgehead atoms. The van der Waals surface area contributed by atoms with E-state index in [1.165, 1.54) is 0 Å². The van der Waals surface area contributed by atoms with Crippen molar-refractivity contribution in [3.8, 4) is 0 Å². The summed E-state index contributed by atoms with van der Waals surface area (Å²) in [6.07, 6.45) is 7.89. The van der Waals surface area contributed by atoms with Crippen LogP contribution in [0.5, 0.6) is 0 Å². The Bertz CT molecular complexity index is 419. The minimum Gasteiger partial charge on any atom is -0.301 e. The topological polar surface area (TPSA) is 17.1 Å². The molecule has 0 saturated carbocycles. The van der Waals surface area contributed by atoms with Crippen LogP contribution in [0.3, 0.4) is 0 Å². The van der Waals surface area contributed by atoms with Gasteiger partial charge in [0.05, 0.1) is 0 Å². The fraction of sp³-hybridized carbons (Fsp3) is 0.154. The Labute approximate surface area is 103 Å². The van der Waals surface area contributed by atoms with E-state index in [2.05, 4.69) is 22.6 Å². The minimum absolute atomic E-state index is 0.395. The number of carbonyl (C=O) groups is 1. The highest BCUT2D eigenvalue weighted by atomic mass is 127. The maximum absolute atomic E-state index is 11.2. The number of hydrogen-bond acceptors (Lipinski definition) is 1. The van der Waals surface area contributed by atoms with Crippen molar-refractivity contribution in [2.45, 2.75) is 9.84 Å². The van der Waals surface area contributed by atoms with E-state index < -0.39 is 3.42 Å².